The van der Waals surface area contributed by atoms with E-state index >= 15 is 0 Å². The van der Waals surface area contributed by atoms with Crippen LogP contribution in [0.2, 0.25) is 0 Å². The molecule has 0 atom stereocenters. The molecule has 2 amide bonds. The summed E-state index contributed by atoms with van der Waals surface area (Å²) in [4.78, 5) is 16.4. The van der Waals surface area contributed by atoms with Crippen molar-refractivity contribution in [3.8, 4) is 0 Å². The Kier molecular flexibility index (Phi) is 3.71. The molecule has 0 saturated carbocycles. The number of nitrogens with two attached hydrogens (primary N) is 1. The van der Waals surface area contributed by atoms with E-state index in [0.717, 1.165) is 5.56 Å². The van der Waals surface area contributed by atoms with E-state index in [0.29, 0.717) is 18.2 Å². The second kappa shape index (κ2) is 4.81. The van der Waals surface area contributed by atoms with Gasteiger partial charge >= 0.3 is 6.03 Å². The Bertz CT molecular complexity index is 330. The molecule has 0 radical (unpaired) electrons. The monoisotopic (exact) mass is 213 g/mol. The number of nitrogens with zero attached hydrogens (tertiary/aromatic N) is 2. The van der Waals surface area contributed by atoms with Crippen molar-refractivity contribution in [3.63, 3.8) is 0 Å². The molecule has 1 rings (SSSR count). The average Bonchev–Trinajstić information content (AvgIpc) is 2.19. The van der Waals surface area contributed by atoms with Crippen LogP contribution in [0.1, 0.15) is 12.5 Å². The summed E-state index contributed by atoms with van der Waals surface area (Å²) in [6.07, 6.45) is 1.61. The lowest BCUT2D eigenvalue weighted by molar-refractivity contribution is 0.254. The van der Waals surface area contributed by atoms with Crippen molar-refractivity contribution in [2.45, 2.75) is 12.8 Å². The van der Waals surface area contributed by atoms with Crippen molar-refractivity contribution >= 4 is 23.4 Å². The lowest BCUT2D eigenvalue weighted by Crippen LogP contribution is -2.36. The van der Waals surface area contributed by atoms with Crippen LogP contribution in [0.5, 0.6) is 0 Å². The van der Waals surface area contributed by atoms with Crippen LogP contribution in [-0.4, -0.2) is 17.6 Å². The number of anilines is 1. The van der Waals surface area contributed by atoms with E-state index in [1.807, 2.05) is 6.92 Å². The predicted octanol–water partition coefficient (Wildman–Crippen LogP) is 1.73. The van der Waals surface area contributed by atoms with E-state index in [2.05, 4.69) is 4.98 Å². The SMILES string of the molecule is CCN(C(N)=O)c1cc(CCl)ccn1. The molecule has 4 nitrogen and oxygen atoms in total. The molecule has 1 aromatic heterocycles. The maximum absolute atomic E-state index is 11.0. The summed E-state index contributed by atoms with van der Waals surface area (Å²) in [6.45, 7) is 2.33. The van der Waals surface area contributed by atoms with Gasteiger partial charge in [-0.05, 0) is 24.6 Å². The third-order valence-corrected chi connectivity index (χ3v) is 2.13. The number of hydrogen-bond acceptors (Lipinski definition) is 2. The molecule has 0 aromatic carbocycles. The largest absolute Gasteiger partial charge is 0.351 e. The first-order valence-electron chi connectivity index (χ1n) is 4.27. The third kappa shape index (κ3) is 2.35. The van der Waals surface area contributed by atoms with Gasteiger partial charge in [0, 0.05) is 18.6 Å². The highest BCUT2D eigenvalue weighted by Crippen LogP contribution is 2.13. The van der Waals surface area contributed by atoms with Crippen LogP contribution in [0.3, 0.4) is 0 Å². The lowest BCUT2D eigenvalue weighted by atomic mass is 10.3. The predicted molar refractivity (Wildman–Crippen MR) is 56.4 cm³/mol. The molecule has 0 aliphatic carbocycles. The van der Waals surface area contributed by atoms with Gasteiger partial charge in [-0.15, -0.1) is 11.6 Å². The maximum atomic E-state index is 11.0. The molecule has 1 aromatic rings. The number of primary amides is 1. The van der Waals surface area contributed by atoms with Crippen LogP contribution >= 0.6 is 11.6 Å². The normalized spacial score (nSPS) is 9.86. The van der Waals surface area contributed by atoms with Crippen LogP contribution < -0.4 is 10.6 Å². The Hall–Kier alpha value is -1.29. The van der Waals surface area contributed by atoms with Gasteiger partial charge in [-0.2, -0.15) is 0 Å². The minimum absolute atomic E-state index is 0.395. The first-order chi connectivity index (χ1) is 6.69. The van der Waals surface area contributed by atoms with E-state index in [4.69, 9.17) is 17.3 Å². The van der Waals surface area contributed by atoms with Gasteiger partial charge < -0.3 is 5.73 Å². The summed E-state index contributed by atoms with van der Waals surface area (Å²) in [5.74, 6) is 0.935. The summed E-state index contributed by atoms with van der Waals surface area (Å²) in [5, 5.41) is 0. The fourth-order valence-electron chi connectivity index (χ4n) is 1.12. The highest BCUT2D eigenvalue weighted by molar-refractivity contribution is 6.17. The maximum Gasteiger partial charge on any atom is 0.320 e. The number of carbonyl (C=O) groups is 1. The molecule has 14 heavy (non-hydrogen) atoms. The Morgan fingerprint density at radius 3 is 2.93 bits per heavy atom. The number of halogens is 1. The molecule has 2 N–H and O–H groups in total. The van der Waals surface area contributed by atoms with Crippen molar-refractivity contribution in [1.82, 2.24) is 4.98 Å². The van der Waals surface area contributed by atoms with Gasteiger partial charge in [0.15, 0.2) is 0 Å². The van der Waals surface area contributed by atoms with Gasteiger partial charge in [0.2, 0.25) is 0 Å². The first kappa shape index (κ1) is 10.8. The van der Waals surface area contributed by atoms with Crippen LogP contribution in [0, 0.1) is 0 Å². The summed E-state index contributed by atoms with van der Waals surface area (Å²) >= 11 is 5.66. The molecular formula is C9H12ClN3O. The average molecular weight is 214 g/mol. The Morgan fingerprint density at radius 1 is 1.71 bits per heavy atom. The van der Waals surface area contributed by atoms with Crippen LogP contribution in [0.15, 0.2) is 18.3 Å². The van der Waals surface area contributed by atoms with Crippen molar-refractivity contribution in [2.24, 2.45) is 5.73 Å². The number of amides is 2. The zero-order valence-corrected chi connectivity index (χ0v) is 8.66. The van der Waals surface area contributed by atoms with Gasteiger partial charge in [0.05, 0.1) is 0 Å². The van der Waals surface area contributed by atoms with Crippen molar-refractivity contribution in [2.75, 3.05) is 11.4 Å². The Balaban J connectivity index is 2.98. The number of aromatic nitrogens is 1. The molecule has 0 saturated heterocycles. The molecule has 0 fully saturated rings. The van der Waals surface area contributed by atoms with E-state index in [1.165, 1.54) is 4.90 Å². The van der Waals surface area contributed by atoms with Crippen LogP contribution in [-0.2, 0) is 5.88 Å². The first-order valence-corrected chi connectivity index (χ1v) is 4.80. The standard InChI is InChI=1S/C9H12ClN3O/c1-2-13(9(11)14)8-5-7(6-10)3-4-12-8/h3-5H,2,6H2,1H3,(H2,11,14). The van der Waals surface area contributed by atoms with E-state index in [9.17, 15) is 4.79 Å². The quantitative estimate of drug-likeness (QED) is 0.778. The minimum atomic E-state index is -0.508. The molecule has 0 aliphatic heterocycles. The fourth-order valence-corrected chi connectivity index (χ4v) is 1.29. The van der Waals surface area contributed by atoms with Gasteiger partial charge in [-0.25, -0.2) is 9.78 Å². The molecule has 1 heterocycles. The lowest BCUT2D eigenvalue weighted by Gasteiger charge is -2.17. The molecule has 0 unspecified atom stereocenters. The van der Waals surface area contributed by atoms with E-state index in [1.54, 1.807) is 18.3 Å². The molecule has 76 valence electrons. The van der Waals surface area contributed by atoms with Crippen LogP contribution in [0.25, 0.3) is 0 Å². The Morgan fingerprint density at radius 2 is 2.43 bits per heavy atom. The number of carbonyl (C=O) groups excluding carboxylic acids is 1. The van der Waals surface area contributed by atoms with Gasteiger partial charge in [-0.3, -0.25) is 4.90 Å². The third-order valence-electron chi connectivity index (χ3n) is 1.82. The zero-order chi connectivity index (χ0) is 10.6. The summed E-state index contributed by atoms with van der Waals surface area (Å²) in [6, 6.07) is 3.04. The number of urea groups is 1. The Labute approximate surface area is 87.7 Å². The number of rotatable bonds is 3. The van der Waals surface area contributed by atoms with Gasteiger partial charge in [0.25, 0.3) is 0 Å². The fraction of sp³-hybridized carbons (Fsp3) is 0.333. The number of hydrogen-bond donors (Lipinski definition) is 1. The van der Waals surface area contributed by atoms with E-state index in [-0.39, 0.29) is 0 Å². The van der Waals surface area contributed by atoms with Gasteiger partial charge in [-0.1, -0.05) is 0 Å². The topological polar surface area (TPSA) is 59.2 Å². The molecule has 0 aliphatic rings. The van der Waals surface area contributed by atoms with E-state index < -0.39 is 6.03 Å². The number of pyridine rings is 1. The van der Waals surface area contributed by atoms with Crippen molar-refractivity contribution in [3.05, 3.63) is 23.9 Å². The second-order valence-electron chi connectivity index (χ2n) is 2.74. The highest BCUT2D eigenvalue weighted by Gasteiger charge is 2.10. The van der Waals surface area contributed by atoms with Crippen molar-refractivity contribution in [1.29, 1.82) is 0 Å². The second-order valence-corrected chi connectivity index (χ2v) is 3.01. The van der Waals surface area contributed by atoms with Gasteiger partial charge in [0.1, 0.15) is 5.82 Å². The summed E-state index contributed by atoms with van der Waals surface area (Å²) in [5.41, 5.74) is 6.10. The van der Waals surface area contributed by atoms with Crippen molar-refractivity contribution < 1.29 is 4.79 Å². The number of alkyl halides is 1. The summed E-state index contributed by atoms with van der Waals surface area (Å²) < 4.78 is 0. The zero-order valence-electron chi connectivity index (χ0n) is 7.90. The molecule has 0 spiro atoms. The smallest absolute Gasteiger partial charge is 0.320 e. The molecule has 5 heteroatoms. The molecular weight excluding hydrogens is 202 g/mol. The molecule has 0 bridgehead atoms. The van der Waals surface area contributed by atoms with Crippen LogP contribution in [0.4, 0.5) is 10.6 Å². The minimum Gasteiger partial charge on any atom is -0.351 e. The summed E-state index contributed by atoms with van der Waals surface area (Å²) in [7, 11) is 0. The highest BCUT2D eigenvalue weighted by atomic mass is 35.5.